The van der Waals surface area contributed by atoms with E-state index in [9.17, 15) is 14.9 Å². The van der Waals surface area contributed by atoms with E-state index >= 15 is 0 Å². The minimum atomic E-state index is -0.516. The molecule has 3 aromatic rings. The van der Waals surface area contributed by atoms with Crippen LogP contribution in [-0.4, -0.2) is 17.9 Å². The molecule has 0 aliphatic carbocycles. The molecule has 0 bridgehead atoms. The molecule has 0 aliphatic rings. The number of ether oxygens (including phenoxy) is 1. The van der Waals surface area contributed by atoms with Gasteiger partial charge in [-0.2, -0.15) is 0 Å². The maximum absolute atomic E-state index is 12.4. The first-order valence-corrected chi connectivity index (χ1v) is 9.03. The van der Waals surface area contributed by atoms with Crippen LogP contribution < -0.4 is 10.1 Å². The van der Waals surface area contributed by atoms with Crippen molar-refractivity contribution < 1.29 is 18.9 Å². The fraction of sp³-hybridized carbons (Fsp3) is 0.0556. The van der Waals surface area contributed by atoms with Crippen molar-refractivity contribution in [2.75, 3.05) is 12.4 Å². The van der Waals surface area contributed by atoms with E-state index in [-0.39, 0.29) is 17.2 Å². The Morgan fingerprint density at radius 2 is 2.00 bits per heavy atom. The smallest absolute Gasteiger partial charge is 0.291 e. The molecular formula is C18H12ClIN2O5. The van der Waals surface area contributed by atoms with E-state index < -0.39 is 10.8 Å². The van der Waals surface area contributed by atoms with Gasteiger partial charge in [-0.3, -0.25) is 14.9 Å². The number of non-ortho nitro benzene ring substituents is 1. The number of nitrogens with zero attached hydrogens (tertiary/aromatic N) is 1. The van der Waals surface area contributed by atoms with Gasteiger partial charge in [0.2, 0.25) is 0 Å². The van der Waals surface area contributed by atoms with Crippen LogP contribution in [0, 0.1) is 13.7 Å². The molecule has 0 atom stereocenters. The molecule has 3 rings (SSSR count). The van der Waals surface area contributed by atoms with Crippen LogP contribution in [0.5, 0.6) is 5.75 Å². The van der Waals surface area contributed by atoms with E-state index in [2.05, 4.69) is 27.9 Å². The van der Waals surface area contributed by atoms with Crippen molar-refractivity contribution in [2.24, 2.45) is 0 Å². The molecule has 0 radical (unpaired) electrons. The number of carbonyl (C=O) groups is 1. The number of nitrogens with one attached hydrogen (secondary N) is 1. The standard InChI is InChI=1S/C18H12ClIN2O5/c1-26-17-9-11(22(24)25)3-4-12(17)15-6-7-16(27-15)18(23)21-14-5-2-10(20)8-13(14)19/h2-9H,1H3,(H,21,23). The summed E-state index contributed by atoms with van der Waals surface area (Å²) in [5.41, 5.74) is 0.857. The van der Waals surface area contributed by atoms with Gasteiger partial charge in [-0.1, -0.05) is 11.6 Å². The topological polar surface area (TPSA) is 94.6 Å². The predicted octanol–water partition coefficient (Wildman–Crippen LogP) is 5.37. The van der Waals surface area contributed by atoms with Crippen LogP contribution in [0.15, 0.2) is 52.9 Å². The van der Waals surface area contributed by atoms with Crippen LogP contribution in [0.3, 0.4) is 0 Å². The summed E-state index contributed by atoms with van der Waals surface area (Å²) in [6.45, 7) is 0. The molecule has 0 saturated carbocycles. The Morgan fingerprint density at radius 1 is 1.22 bits per heavy atom. The Bertz CT molecular complexity index is 1030. The van der Waals surface area contributed by atoms with Gasteiger partial charge in [0.05, 0.1) is 34.4 Å². The molecule has 1 N–H and O–H groups in total. The van der Waals surface area contributed by atoms with Crippen LogP contribution in [0.4, 0.5) is 11.4 Å². The van der Waals surface area contributed by atoms with Crippen molar-refractivity contribution in [3.63, 3.8) is 0 Å². The van der Waals surface area contributed by atoms with Gasteiger partial charge < -0.3 is 14.5 Å². The lowest BCUT2D eigenvalue weighted by Crippen LogP contribution is -2.11. The molecular weight excluding hydrogens is 487 g/mol. The van der Waals surface area contributed by atoms with E-state index in [4.69, 9.17) is 20.8 Å². The summed E-state index contributed by atoms with van der Waals surface area (Å²) in [5, 5.41) is 14.0. The number of nitro groups is 1. The molecule has 0 spiro atoms. The van der Waals surface area contributed by atoms with Crippen molar-refractivity contribution >= 4 is 51.5 Å². The number of rotatable bonds is 5. The second kappa shape index (κ2) is 7.97. The molecule has 2 aromatic carbocycles. The summed E-state index contributed by atoms with van der Waals surface area (Å²) in [5.74, 6) is 0.219. The molecule has 0 fully saturated rings. The zero-order valence-corrected chi connectivity index (χ0v) is 16.8. The summed E-state index contributed by atoms with van der Waals surface area (Å²) < 4.78 is 11.7. The van der Waals surface area contributed by atoms with Crippen molar-refractivity contribution in [3.05, 3.63) is 73.0 Å². The summed E-state index contributed by atoms with van der Waals surface area (Å²) in [4.78, 5) is 22.8. The van der Waals surface area contributed by atoms with Gasteiger partial charge in [0.15, 0.2) is 5.76 Å². The van der Waals surface area contributed by atoms with Crippen molar-refractivity contribution in [1.82, 2.24) is 0 Å². The number of hydrogen-bond acceptors (Lipinski definition) is 5. The van der Waals surface area contributed by atoms with Gasteiger partial charge in [0.25, 0.3) is 11.6 Å². The summed E-state index contributed by atoms with van der Waals surface area (Å²) in [6, 6.07) is 12.5. The first-order valence-electron chi connectivity index (χ1n) is 7.58. The SMILES string of the molecule is COc1cc([N+](=O)[O-])ccc1-c1ccc(C(=O)Nc2ccc(I)cc2Cl)o1. The lowest BCUT2D eigenvalue weighted by Gasteiger charge is -2.07. The minimum Gasteiger partial charge on any atom is -0.496 e. The third kappa shape index (κ3) is 4.22. The monoisotopic (exact) mass is 498 g/mol. The maximum Gasteiger partial charge on any atom is 0.291 e. The number of benzene rings is 2. The largest absolute Gasteiger partial charge is 0.496 e. The minimum absolute atomic E-state index is 0.0695. The lowest BCUT2D eigenvalue weighted by atomic mass is 10.1. The van der Waals surface area contributed by atoms with Crippen molar-refractivity contribution in [3.8, 4) is 17.1 Å². The highest BCUT2D eigenvalue weighted by atomic mass is 127. The predicted molar refractivity (Wildman–Crippen MR) is 109 cm³/mol. The molecule has 0 aliphatic heterocycles. The number of hydrogen-bond donors (Lipinski definition) is 1. The summed E-state index contributed by atoms with van der Waals surface area (Å²) in [7, 11) is 1.40. The number of nitro benzene ring substituents is 1. The van der Waals surface area contributed by atoms with Gasteiger partial charge in [-0.15, -0.1) is 0 Å². The van der Waals surface area contributed by atoms with Gasteiger partial charge in [-0.05, 0) is 59.0 Å². The van der Waals surface area contributed by atoms with E-state index in [0.717, 1.165) is 3.57 Å². The first kappa shape index (κ1) is 19.2. The molecule has 1 amide bonds. The van der Waals surface area contributed by atoms with E-state index in [1.54, 1.807) is 18.2 Å². The summed E-state index contributed by atoms with van der Waals surface area (Å²) >= 11 is 8.24. The van der Waals surface area contributed by atoms with Crippen molar-refractivity contribution in [1.29, 1.82) is 0 Å². The van der Waals surface area contributed by atoms with Crippen molar-refractivity contribution in [2.45, 2.75) is 0 Å². The highest BCUT2D eigenvalue weighted by Gasteiger charge is 2.18. The second-order valence-electron chi connectivity index (χ2n) is 5.38. The second-order valence-corrected chi connectivity index (χ2v) is 7.04. The molecule has 138 valence electrons. The van der Waals surface area contributed by atoms with Crippen LogP contribution in [0.1, 0.15) is 10.6 Å². The number of amides is 1. The van der Waals surface area contributed by atoms with E-state index in [0.29, 0.717) is 22.0 Å². The Morgan fingerprint density at radius 3 is 2.67 bits per heavy atom. The average molecular weight is 499 g/mol. The van der Waals surface area contributed by atoms with Gasteiger partial charge in [0.1, 0.15) is 11.5 Å². The lowest BCUT2D eigenvalue weighted by molar-refractivity contribution is -0.384. The Kier molecular flexibility index (Phi) is 5.66. The zero-order chi connectivity index (χ0) is 19.6. The average Bonchev–Trinajstić information content (AvgIpc) is 3.13. The number of halogens is 2. The Hall–Kier alpha value is -2.59. The zero-order valence-electron chi connectivity index (χ0n) is 13.9. The first-order chi connectivity index (χ1) is 12.9. The number of carbonyl (C=O) groups excluding carboxylic acids is 1. The van der Waals surface area contributed by atoms with Crippen LogP contribution in [0.2, 0.25) is 5.02 Å². The fourth-order valence-corrected chi connectivity index (χ4v) is 3.28. The summed E-state index contributed by atoms with van der Waals surface area (Å²) in [6.07, 6.45) is 0. The van der Waals surface area contributed by atoms with Crippen LogP contribution in [0.25, 0.3) is 11.3 Å². The molecule has 27 heavy (non-hydrogen) atoms. The highest BCUT2D eigenvalue weighted by Crippen LogP contribution is 2.34. The molecule has 1 aromatic heterocycles. The van der Waals surface area contributed by atoms with E-state index in [1.165, 1.54) is 31.4 Å². The van der Waals surface area contributed by atoms with E-state index in [1.807, 2.05) is 6.07 Å². The molecule has 9 heteroatoms. The van der Waals surface area contributed by atoms with Gasteiger partial charge in [0, 0.05) is 9.64 Å². The Balaban J connectivity index is 1.86. The van der Waals surface area contributed by atoms with Crippen LogP contribution >= 0.6 is 34.2 Å². The molecule has 7 nitrogen and oxygen atoms in total. The van der Waals surface area contributed by atoms with Gasteiger partial charge >= 0.3 is 0 Å². The quantitative estimate of drug-likeness (QED) is 0.290. The van der Waals surface area contributed by atoms with Crippen LogP contribution in [-0.2, 0) is 0 Å². The maximum atomic E-state index is 12.4. The number of methoxy groups -OCH3 is 1. The fourth-order valence-electron chi connectivity index (χ4n) is 2.38. The molecule has 0 saturated heterocycles. The van der Waals surface area contributed by atoms with Gasteiger partial charge in [-0.25, -0.2) is 0 Å². The number of furan rings is 1. The molecule has 0 unspecified atom stereocenters. The Labute approximate surface area is 172 Å². The third-order valence-electron chi connectivity index (χ3n) is 3.67. The highest BCUT2D eigenvalue weighted by molar-refractivity contribution is 14.1. The number of anilines is 1. The normalized spacial score (nSPS) is 10.5. The third-order valence-corrected chi connectivity index (χ3v) is 4.65. The molecule has 1 heterocycles.